The summed E-state index contributed by atoms with van der Waals surface area (Å²) >= 11 is 1.77. The van der Waals surface area contributed by atoms with Crippen LogP contribution in [0.1, 0.15) is 34.6 Å². The van der Waals surface area contributed by atoms with Gasteiger partial charge in [0.2, 0.25) is 0 Å². The minimum Gasteiger partial charge on any atom is -0.354 e. The van der Waals surface area contributed by atoms with Crippen molar-refractivity contribution in [1.29, 1.82) is 0 Å². The van der Waals surface area contributed by atoms with Crippen molar-refractivity contribution >= 4 is 17.4 Å². The molecule has 0 radical (unpaired) electrons. The zero-order chi connectivity index (χ0) is 14.7. The van der Waals surface area contributed by atoms with Crippen LogP contribution in [-0.2, 0) is 0 Å². The van der Waals surface area contributed by atoms with E-state index < -0.39 is 0 Å². The van der Waals surface area contributed by atoms with Crippen LogP contribution in [0, 0.1) is 0 Å². The Balaban J connectivity index is 0.000000741. The van der Waals surface area contributed by atoms with Gasteiger partial charge < -0.3 is 5.32 Å². The molecule has 1 N–H and O–H groups in total. The predicted octanol–water partition coefficient (Wildman–Crippen LogP) is 6.23. The van der Waals surface area contributed by atoms with Gasteiger partial charge in [0.1, 0.15) is 0 Å². The Hall–Kier alpha value is -1.41. The lowest BCUT2D eigenvalue weighted by molar-refractivity contribution is 1.35. The van der Waals surface area contributed by atoms with Gasteiger partial charge in [-0.15, -0.1) is 0 Å². The molecule has 0 spiro atoms. The third kappa shape index (κ3) is 4.99. The van der Waals surface area contributed by atoms with E-state index in [4.69, 9.17) is 0 Å². The van der Waals surface area contributed by atoms with Crippen molar-refractivity contribution in [3.8, 4) is 0 Å². The van der Waals surface area contributed by atoms with Crippen molar-refractivity contribution < 1.29 is 0 Å². The number of thioether (sulfide) groups is 1. The molecule has 0 saturated heterocycles. The molecule has 1 aliphatic rings. The Morgan fingerprint density at radius 3 is 2.32 bits per heavy atom. The summed E-state index contributed by atoms with van der Waals surface area (Å²) in [6.07, 6.45) is 6.00. The summed E-state index contributed by atoms with van der Waals surface area (Å²) in [6, 6.07) is 8.29. The zero-order valence-electron chi connectivity index (χ0n) is 12.7. The van der Waals surface area contributed by atoms with Gasteiger partial charge in [-0.3, -0.25) is 0 Å². The first-order chi connectivity index (χ1) is 9.35. The summed E-state index contributed by atoms with van der Waals surface area (Å²) in [4.78, 5) is 2.47. The van der Waals surface area contributed by atoms with Gasteiger partial charge in [0, 0.05) is 9.80 Å². The Morgan fingerprint density at radius 1 is 1.11 bits per heavy atom. The summed E-state index contributed by atoms with van der Waals surface area (Å²) < 4.78 is 0. The molecule has 0 amide bonds. The molecular formula is C17H25NS. The van der Waals surface area contributed by atoms with Crippen LogP contribution in [-0.4, -0.2) is 0 Å². The van der Waals surface area contributed by atoms with E-state index in [2.05, 4.69) is 36.2 Å². The topological polar surface area (TPSA) is 12.0 Å². The second kappa shape index (κ2) is 10.5. The molecule has 0 bridgehead atoms. The van der Waals surface area contributed by atoms with Crippen LogP contribution in [0.25, 0.3) is 0 Å². The second-order valence-electron chi connectivity index (χ2n) is 3.21. The highest BCUT2D eigenvalue weighted by atomic mass is 32.2. The standard InChI is InChI=1S/C13H13NS.2C2H6/c1-3-7-12-10(4-2)14-11-8-5-6-9-13(11)15-12;2*1-2/h3-9,14H,2H2,1H3;2*1-2H3/b7-3-;;. The number of fused-ring (bicyclic) bond motifs is 1. The third-order valence-corrected chi connectivity index (χ3v) is 3.32. The quantitative estimate of drug-likeness (QED) is 0.686. The fourth-order valence-corrected chi connectivity index (χ4v) is 2.53. The van der Waals surface area contributed by atoms with Crippen LogP contribution in [0.5, 0.6) is 0 Å². The van der Waals surface area contributed by atoms with Crippen molar-refractivity contribution in [3.05, 3.63) is 59.7 Å². The summed E-state index contributed by atoms with van der Waals surface area (Å²) in [6.45, 7) is 13.8. The third-order valence-electron chi connectivity index (χ3n) is 2.16. The highest BCUT2D eigenvalue weighted by Crippen LogP contribution is 2.40. The fourth-order valence-electron chi connectivity index (χ4n) is 1.47. The van der Waals surface area contributed by atoms with E-state index in [0.717, 1.165) is 11.4 Å². The Kier molecular flexibility index (Phi) is 9.73. The summed E-state index contributed by atoms with van der Waals surface area (Å²) in [5, 5.41) is 3.37. The summed E-state index contributed by atoms with van der Waals surface area (Å²) in [7, 11) is 0. The minimum atomic E-state index is 1.08. The van der Waals surface area contributed by atoms with Crippen LogP contribution >= 0.6 is 11.8 Å². The fraction of sp³-hybridized carbons (Fsp3) is 0.294. The van der Waals surface area contributed by atoms with Crippen LogP contribution in [0.3, 0.4) is 0 Å². The molecule has 0 fully saturated rings. The molecule has 0 atom stereocenters. The molecule has 2 rings (SSSR count). The molecular weight excluding hydrogens is 250 g/mol. The monoisotopic (exact) mass is 275 g/mol. The average molecular weight is 275 g/mol. The Bertz CT molecular complexity index is 444. The van der Waals surface area contributed by atoms with Gasteiger partial charge in [0.05, 0.1) is 11.4 Å². The van der Waals surface area contributed by atoms with Gasteiger partial charge in [-0.25, -0.2) is 0 Å². The molecule has 104 valence electrons. The molecule has 1 nitrogen and oxygen atoms in total. The van der Waals surface area contributed by atoms with E-state index in [1.165, 1.54) is 9.80 Å². The highest BCUT2D eigenvalue weighted by Gasteiger charge is 2.13. The molecule has 0 saturated carbocycles. The average Bonchev–Trinajstić information content (AvgIpc) is 2.51. The van der Waals surface area contributed by atoms with Crippen LogP contribution in [0.2, 0.25) is 0 Å². The highest BCUT2D eigenvalue weighted by molar-refractivity contribution is 8.03. The normalized spacial score (nSPS) is 12.5. The summed E-state index contributed by atoms with van der Waals surface area (Å²) in [5.74, 6) is 0. The molecule has 1 aromatic rings. The number of para-hydroxylation sites is 1. The SMILES string of the molecule is C=CC1=C(/C=C\C)Sc2ccccc2N1.CC.CC. The van der Waals surface area contributed by atoms with Crippen LogP contribution < -0.4 is 5.32 Å². The number of anilines is 1. The number of rotatable bonds is 2. The van der Waals surface area contributed by atoms with Crippen molar-refractivity contribution in [1.82, 2.24) is 0 Å². The lowest BCUT2D eigenvalue weighted by atomic mass is 10.2. The molecule has 2 heteroatoms. The van der Waals surface area contributed by atoms with Crippen molar-refractivity contribution in [3.63, 3.8) is 0 Å². The number of benzene rings is 1. The van der Waals surface area contributed by atoms with Crippen molar-refractivity contribution in [2.45, 2.75) is 39.5 Å². The lowest BCUT2D eigenvalue weighted by Gasteiger charge is -2.20. The zero-order valence-corrected chi connectivity index (χ0v) is 13.5. The van der Waals surface area contributed by atoms with E-state index >= 15 is 0 Å². The number of nitrogens with one attached hydrogen (secondary N) is 1. The largest absolute Gasteiger partial charge is 0.354 e. The lowest BCUT2D eigenvalue weighted by Crippen LogP contribution is -2.04. The number of hydrogen-bond acceptors (Lipinski definition) is 2. The van der Waals surface area contributed by atoms with Gasteiger partial charge in [0.25, 0.3) is 0 Å². The van der Waals surface area contributed by atoms with Gasteiger partial charge in [-0.05, 0) is 25.1 Å². The van der Waals surface area contributed by atoms with Gasteiger partial charge >= 0.3 is 0 Å². The maximum atomic E-state index is 3.82. The van der Waals surface area contributed by atoms with Gasteiger partial charge in [-0.1, -0.05) is 70.3 Å². The Labute approximate surface area is 122 Å². The second-order valence-corrected chi connectivity index (χ2v) is 4.29. The first kappa shape index (κ1) is 17.6. The summed E-state index contributed by atoms with van der Waals surface area (Å²) in [5.41, 5.74) is 2.24. The Morgan fingerprint density at radius 2 is 1.74 bits per heavy atom. The van der Waals surface area contributed by atoms with E-state index in [1.807, 2.05) is 52.8 Å². The molecule has 1 aliphatic heterocycles. The van der Waals surface area contributed by atoms with Crippen LogP contribution in [0.15, 0.2) is 64.6 Å². The first-order valence-corrected chi connectivity index (χ1v) is 7.70. The molecule has 19 heavy (non-hydrogen) atoms. The first-order valence-electron chi connectivity index (χ1n) is 6.88. The van der Waals surface area contributed by atoms with Gasteiger partial charge in [-0.2, -0.15) is 0 Å². The van der Waals surface area contributed by atoms with Crippen molar-refractivity contribution in [2.75, 3.05) is 5.32 Å². The van der Waals surface area contributed by atoms with E-state index in [1.54, 1.807) is 11.8 Å². The van der Waals surface area contributed by atoms with E-state index in [-0.39, 0.29) is 0 Å². The maximum absolute atomic E-state index is 3.82. The molecule has 0 unspecified atom stereocenters. The minimum absolute atomic E-state index is 1.08. The molecule has 1 heterocycles. The molecule has 0 aliphatic carbocycles. The maximum Gasteiger partial charge on any atom is 0.0526 e. The smallest absolute Gasteiger partial charge is 0.0526 e. The van der Waals surface area contributed by atoms with Gasteiger partial charge in [0.15, 0.2) is 0 Å². The molecule has 1 aromatic carbocycles. The number of hydrogen-bond donors (Lipinski definition) is 1. The molecule has 0 aromatic heterocycles. The van der Waals surface area contributed by atoms with Crippen LogP contribution in [0.4, 0.5) is 5.69 Å². The van der Waals surface area contributed by atoms with Crippen molar-refractivity contribution in [2.24, 2.45) is 0 Å². The number of allylic oxidation sites excluding steroid dienone is 3. The van der Waals surface area contributed by atoms with E-state index in [0.29, 0.717) is 0 Å². The predicted molar refractivity (Wildman–Crippen MR) is 90.7 cm³/mol. The van der Waals surface area contributed by atoms with E-state index in [9.17, 15) is 0 Å².